The van der Waals surface area contributed by atoms with E-state index in [0.29, 0.717) is 12.1 Å². The zero-order chi connectivity index (χ0) is 14.4. The van der Waals surface area contributed by atoms with Crippen molar-refractivity contribution in [3.05, 3.63) is 34.9 Å². The van der Waals surface area contributed by atoms with Crippen molar-refractivity contribution in [2.45, 2.75) is 39.1 Å². The van der Waals surface area contributed by atoms with Crippen LogP contribution in [-0.2, 0) is 11.4 Å². The van der Waals surface area contributed by atoms with Gasteiger partial charge in [0.15, 0.2) is 0 Å². The van der Waals surface area contributed by atoms with Gasteiger partial charge in [0.05, 0.1) is 12.7 Å². The second-order valence-corrected chi connectivity index (χ2v) is 4.63. The molecule has 0 fully saturated rings. The van der Waals surface area contributed by atoms with Crippen molar-refractivity contribution < 1.29 is 20.1 Å². The predicted molar refractivity (Wildman–Crippen MR) is 71.4 cm³/mol. The molecule has 1 aromatic carbocycles. The summed E-state index contributed by atoms with van der Waals surface area (Å²) in [5, 5.41) is 31.5. The second-order valence-electron chi connectivity index (χ2n) is 4.63. The molecule has 0 heterocycles. The first-order valence-corrected chi connectivity index (χ1v) is 6.26. The molecule has 106 valence electrons. The van der Waals surface area contributed by atoms with Gasteiger partial charge in [-0.2, -0.15) is 0 Å². The lowest BCUT2D eigenvalue weighted by atomic mass is 9.98. The van der Waals surface area contributed by atoms with Crippen LogP contribution in [-0.4, -0.2) is 33.9 Å². The van der Waals surface area contributed by atoms with Crippen LogP contribution in [0.1, 0.15) is 36.1 Å². The molecule has 4 N–H and O–H groups in total. The Kier molecular flexibility index (Phi) is 5.95. The Morgan fingerprint density at radius 1 is 1.37 bits per heavy atom. The van der Waals surface area contributed by atoms with Gasteiger partial charge in [0.1, 0.15) is 6.10 Å². The Labute approximate surface area is 112 Å². The highest BCUT2D eigenvalue weighted by atomic mass is 16.3. The maximum absolute atomic E-state index is 10.7. The maximum Gasteiger partial charge on any atom is 0.216 e. The lowest BCUT2D eigenvalue weighted by molar-refractivity contribution is -0.119. The molecular formula is C14H21NO4. The minimum absolute atomic E-state index is 0.0483. The van der Waals surface area contributed by atoms with E-state index >= 15 is 0 Å². The normalized spacial score (nSPS) is 13.9. The van der Waals surface area contributed by atoms with Crippen LogP contribution in [0.3, 0.4) is 0 Å². The lowest BCUT2D eigenvalue weighted by Gasteiger charge is -2.19. The van der Waals surface area contributed by atoms with Gasteiger partial charge in [-0.15, -0.1) is 0 Å². The molecule has 0 spiro atoms. The van der Waals surface area contributed by atoms with Crippen molar-refractivity contribution in [3.8, 4) is 0 Å². The average Bonchev–Trinajstić information content (AvgIpc) is 2.37. The van der Waals surface area contributed by atoms with Crippen LogP contribution in [0, 0.1) is 6.92 Å². The Morgan fingerprint density at radius 3 is 2.58 bits per heavy atom. The molecule has 2 unspecified atom stereocenters. The van der Waals surface area contributed by atoms with Gasteiger partial charge in [-0.25, -0.2) is 0 Å². The van der Waals surface area contributed by atoms with E-state index in [1.165, 1.54) is 6.92 Å². The smallest absolute Gasteiger partial charge is 0.216 e. The zero-order valence-corrected chi connectivity index (χ0v) is 11.3. The first-order chi connectivity index (χ1) is 8.95. The van der Waals surface area contributed by atoms with Gasteiger partial charge in [-0.3, -0.25) is 4.79 Å². The number of nitrogens with one attached hydrogen (secondary N) is 1. The third-order valence-electron chi connectivity index (χ3n) is 3.06. The third kappa shape index (κ3) is 4.63. The van der Waals surface area contributed by atoms with Crippen LogP contribution in [0.25, 0.3) is 0 Å². The van der Waals surface area contributed by atoms with Crippen LogP contribution in [0.2, 0.25) is 0 Å². The van der Waals surface area contributed by atoms with Crippen LogP contribution in [0.15, 0.2) is 18.2 Å². The van der Waals surface area contributed by atoms with Crippen molar-refractivity contribution >= 4 is 5.91 Å². The van der Waals surface area contributed by atoms with Crippen molar-refractivity contribution in [3.63, 3.8) is 0 Å². The van der Waals surface area contributed by atoms with E-state index in [2.05, 4.69) is 5.32 Å². The average molecular weight is 267 g/mol. The number of carbonyl (C=O) groups is 1. The molecule has 1 amide bonds. The number of aryl methyl sites for hydroxylation is 1. The molecule has 1 aromatic rings. The summed E-state index contributed by atoms with van der Waals surface area (Å²) >= 11 is 0. The third-order valence-corrected chi connectivity index (χ3v) is 3.06. The molecule has 0 aromatic heterocycles. The molecule has 0 saturated carbocycles. The molecule has 2 atom stereocenters. The summed E-state index contributed by atoms with van der Waals surface area (Å²) in [5.41, 5.74) is 2.27. The Hall–Kier alpha value is -1.43. The minimum Gasteiger partial charge on any atom is -0.392 e. The van der Waals surface area contributed by atoms with E-state index < -0.39 is 12.2 Å². The quantitative estimate of drug-likeness (QED) is 0.601. The lowest BCUT2D eigenvalue weighted by Crippen LogP contribution is -2.27. The molecule has 0 radical (unpaired) electrons. The number of benzene rings is 1. The van der Waals surface area contributed by atoms with Gasteiger partial charge in [-0.05, 0) is 30.0 Å². The topological polar surface area (TPSA) is 89.8 Å². The van der Waals surface area contributed by atoms with E-state index in [-0.39, 0.29) is 18.9 Å². The molecule has 1 rings (SSSR count). The highest BCUT2D eigenvalue weighted by molar-refractivity contribution is 5.72. The van der Waals surface area contributed by atoms with E-state index in [9.17, 15) is 15.0 Å². The number of hydrogen-bond donors (Lipinski definition) is 4. The fourth-order valence-corrected chi connectivity index (χ4v) is 1.86. The molecular weight excluding hydrogens is 246 g/mol. The summed E-state index contributed by atoms with van der Waals surface area (Å²) in [4.78, 5) is 10.7. The Morgan fingerprint density at radius 2 is 2.05 bits per heavy atom. The largest absolute Gasteiger partial charge is 0.392 e. The van der Waals surface area contributed by atoms with Gasteiger partial charge in [0.25, 0.3) is 0 Å². The highest BCUT2D eigenvalue weighted by Crippen LogP contribution is 2.21. The van der Waals surface area contributed by atoms with Crippen molar-refractivity contribution in [2.75, 3.05) is 6.54 Å². The highest BCUT2D eigenvalue weighted by Gasteiger charge is 2.18. The molecule has 0 aliphatic carbocycles. The van der Waals surface area contributed by atoms with Crippen molar-refractivity contribution in [2.24, 2.45) is 0 Å². The summed E-state index contributed by atoms with van der Waals surface area (Å²) in [6.45, 7) is 3.51. The van der Waals surface area contributed by atoms with E-state index in [1.54, 1.807) is 18.2 Å². The van der Waals surface area contributed by atoms with Crippen molar-refractivity contribution in [1.82, 2.24) is 5.32 Å². The van der Waals surface area contributed by atoms with Gasteiger partial charge in [0.2, 0.25) is 5.91 Å². The van der Waals surface area contributed by atoms with Crippen LogP contribution >= 0.6 is 0 Å². The van der Waals surface area contributed by atoms with E-state index in [4.69, 9.17) is 5.11 Å². The number of aliphatic hydroxyl groups is 3. The van der Waals surface area contributed by atoms with E-state index in [0.717, 1.165) is 11.1 Å². The molecule has 0 saturated heterocycles. The molecule has 5 nitrogen and oxygen atoms in total. The van der Waals surface area contributed by atoms with Crippen LogP contribution in [0.4, 0.5) is 0 Å². The van der Waals surface area contributed by atoms with Crippen LogP contribution < -0.4 is 5.32 Å². The summed E-state index contributed by atoms with van der Waals surface area (Å²) in [6, 6.07) is 5.16. The Bertz CT molecular complexity index is 433. The number of carbonyl (C=O) groups excluding carboxylic acids is 1. The van der Waals surface area contributed by atoms with E-state index in [1.807, 2.05) is 6.92 Å². The first-order valence-electron chi connectivity index (χ1n) is 6.26. The van der Waals surface area contributed by atoms with Crippen LogP contribution in [0.5, 0.6) is 0 Å². The fraction of sp³-hybridized carbons (Fsp3) is 0.500. The number of aliphatic hydroxyl groups excluding tert-OH is 3. The monoisotopic (exact) mass is 267 g/mol. The number of amides is 1. The fourth-order valence-electron chi connectivity index (χ4n) is 1.86. The minimum atomic E-state index is -1.000. The van der Waals surface area contributed by atoms with Crippen molar-refractivity contribution in [1.29, 1.82) is 0 Å². The number of hydrogen-bond acceptors (Lipinski definition) is 4. The first kappa shape index (κ1) is 15.6. The molecule has 0 aliphatic heterocycles. The molecule has 19 heavy (non-hydrogen) atoms. The SMILES string of the molecule is CC(=O)NCCC(O)C(O)c1ccc(CO)c(C)c1. The van der Waals surface area contributed by atoms with Gasteiger partial charge >= 0.3 is 0 Å². The van der Waals surface area contributed by atoms with Gasteiger partial charge < -0.3 is 20.6 Å². The predicted octanol–water partition coefficient (Wildman–Crippen LogP) is 0.408. The molecule has 0 bridgehead atoms. The van der Waals surface area contributed by atoms with Gasteiger partial charge in [0, 0.05) is 13.5 Å². The molecule has 5 heteroatoms. The Balaban J connectivity index is 2.63. The number of rotatable bonds is 6. The zero-order valence-electron chi connectivity index (χ0n) is 11.3. The maximum atomic E-state index is 10.7. The summed E-state index contributed by atoms with van der Waals surface area (Å²) in [5.74, 6) is -0.162. The molecule has 0 aliphatic rings. The second kappa shape index (κ2) is 7.23. The summed E-state index contributed by atoms with van der Waals surface area (Å²) < 4.78 is 0. The summed E-state index contributed by atoms with van der Waals surface area (Å²) in [6.07, 6.45) is -1.66. The summed E-state index contributed by atoms with van der Waals surface area (Å²) in [7, 11) is 0. The standard InChI is InChI=1S/C14H21NO4/c1-9-7-11(3-4-12(9)8-16)14(19)13(18)5-6-15-10(2)17/h3-4,7,13-14,16,18-19H,5-6,8H2,1-2H3,(H,15,17). The van der Waals surface area contributed by atoms with Gasteiger partial charge in [-0.1, -0.05) is 18.2 Å².